The Morgan fingerprint density at radius 2 is 2.26 bits per heavy atom. The summed E-state index contributed by atoms with van der Waals surface area (Å²) < 4.78 is 5.77. The monoisotopic (exact) mass is 259 g/mol. The van der Waals surface area contributed by atoms with Crippen LogP contribution in [0, 0.1) is 0 Å². The molecule has 0 unspecified atom stereocenters. The number of aromatic amines is 1. The second-order valence-corrected chi connectivity index (χ2v) is 4.53. The molecule has 1 aromatic heterocycles. The predicted octanol–water partition coefficient (Wildman–Crippen LogP) is 1.34. The van der Waals surface area contributed by atoms with Crippen molar-refractivity contribution < 1.29 is 9.53 Å². The Hall–Kier alpha value is -2.44. The van der Waals surface area contributed by atoms with Gasteiger partial charge in [-0.2, -0.15) is 5.21 Å². The number of fused-ring (bicyclic) bond motifs is 1. The number of carbonyl (C=O) groups is 1. The van der Waals surface area contributed by atoms with Gasteiger partial charge < -0.3 is 4.74 Å². The van der Waals surface area contributed by atoms with Gasteiger partial charge >= 0.3 is 0 Å². The van der Waals surface area contributed by atoms with E-state index in [0.717, 1.165) is 5.56 Å². The molecule has 0 spiro atoms. The van der Waals surface area contributed by atoms with E-state index in [2.05, 4.69) is 32.9 Å². The highest BCUT2D eigenvalue weighted by atomic mass is 16.5. The molecule has 3 rings (SSSR count). The van der Waals surface area contributed by atoms with Crippen molar-refractivity contribution in [3.8, 4) is 5.75 Å². The fourth-order valence-electron chi connectivity index (χ4n) is 2.15. The van der Waals surface area contributed by atoms with E-state index in [1.54, 1.807) is 6.07 Å². The lowest BCUT2D eigenvalue weighted by Gasteiger charge is -2.08. The number of hydrogen-bond donors (Lipinski definition) is 2. The standard InChI is InChI=1S/C12H13N5O2/c1-6-7(2)19-10-8(6)4-3-5-9(10)11(18)13-12-14-16-17-15-12/h3-7H,1-2H3,(H2,13,14,15,16,17,18)/t6-,7+/m0/s1. The Morgan fingerprint density at radius 3 is 3.00 bits per heavy atom. The minimum Gasteiger partial charge on any atom is -0.489 e. The quantitative estimate of drug-likeness (QED) is 0.848. The molecule has 2 N–H and O–H groups in total. The summed E-state index contributed by atoms with van der Waals surface area (Å²) in [4.78, 5) is 12.2. The molecule has 0 saturated heterocycles. The summed E-state index contributed by atoms with van der Waals surface area (Å²) in [5.74, 6) is 0.748. The van der Waals surface area contributed by atoms with Crippen LogP contribution in [0.15, 0.2) is 18.2 Å². The fourth-order valence-corrected chi connectivity index (χ4v) is 2.15. The lowest BCUT2D eigenvalue weighted by molar-refractivity contribution is 0.102. The largest absolute Gasteiger partial charge is 0.489 e. The SMILES string of the molecule is C[C@@H]1c2cccc(C(=O)Nc3nn[nH]n3)c2O[C@@H]1C. The zero-order valence-corrected chi connectivity index (χ0v) is 10.5. The van der Waals surface area contributed by atoms with Crippen molar-refractivity contribution in [1.82, 2.24) is 20.6 Å². The molecular weight excluding hydrogens is 246 g/mol. The normalized spacial score (nSPS) is 20.7. The van der Waals surface area contributed by atoms with E-state index in [1.807, 2.05) is 19.1 Å². The van der Waals surface area contributed by atoms with Crippen LogP contribution in [0.3, 0.4) is 0 Å². The van der Waals surface area contributed by atoms with Crippen LogP contribution in [0.5, 0.6) is 5.75 Å². The number of hydrogen-bond acceptors (Lipinski definition) is 5. The summed E-state index contributed by atoms with van der Waals surface area (Å²) in [6.07, 6.45) is 0.0640. The maximum atomic E-state index is 12.2. The van der Waals surface area contributed by atoms with E-state index in [1.165, 1.54) is 0 Å². The van der Waals surface area contributed by atoms with Gasteiger partial charge in [0.05, 0.1) is 5.56 Å². The number of aromatic nitrogens is 4. The van der Waals surface area contributed by atoms with Crippen molar-refractivity contribution in [2.75, 3.05) is 5.32 Å². The molecule has 2 heterocycles. The van der Waals surface area contributed by atoms with Gasteiger partial charge in [-0.3, -0.25) is 10.1 Å². The van der Waals surface area contributed by atoms with E-state index in [4.69, 9.17) is 4.74 Å². The van der Waals surface area contributed by atoms with Gasteiger partial charge in [0.2, 0.25) is 0 Å². The van der Waals surface area contributed by atoms with E-state index in [-0.39, 0.29) is 23.9 Å². The van der Waals surface area contributed by atoms with Crippen LogP contribution in [0.2, 0.25) is 0 Å². The zero-order valence-electron chi connectivity index (χ0n) is 10.5. The minimum atomic E-state index is -0.306. The highest BCUT2D eigenvalue weighted by Gasteiger charge is 2.31. The van der Waals surface area contributed by atoms with E-state index in [9.17, 15) is 4.79 Å². The van der Waals surface area contributed by atoms with Gasteiger partial charge in [0.25, 0.3) is 11.9 Å². The van der Waals surface area contributed by atoms with Gasteiger partial charge in [-0.25, -0.2) is 0 Å². The number of H-pyrrole nitrogens is 1. The molecule has 0 aliphatic carbocycles. The molecule has 7 nitrogen and oxygen atoms in total. The van der Waals surface area contributed by atoms with Crippen molar-refractivity contribution >= 4 is 11.9 Å². The summed E-state index contributed by atoms with van der Waals surface area (Å²) in [5, 5.41) is 15.6. The van der Waals surface area contributed by atoms with Crippen molar-refractivity contribution in [3.05, 3.63) is 29.3 Å². The Kier molecular flexibility index (Phi) is 2.66. The molecule has 2 atom stereocenters. The Morgan fingerprint density at radius 1 is 1.42 bits per heavy atom. The maximum absolute atomic E-state index is 12.2. The number of ether oxygens (including phenoxy) is 1. The predicted molar refractivity (Wildman–Crippen MR) is 67.1 cm³/mol. The Balaban J connectivity index is 1.92. The summed E-state index contributed by atoms with van der Waals surface area (Å²) in [6, 6.07) is 5.55. The van der Waals surface area contributed by atoms with Crippen LogP contribution in [-0.4, -0.2) is 32.6 Å². The van der Waals surface area contributed by atoms with Crippen LogP contribution in [0.25, 0.3) is 0 Å². The number of para-hydroxylation sites is 1. The van der Waals surface area contributed by atoms with Crippen LogP contribution in [-0.2, 0) is 0 Å². The molecule has 0 radical (unpaired) electrons. The van der Waals surface area contributed by atoms with Gasteiger partial charge in [-0.15, -0.1) is 5.10 Å². The minimum absolute atomic E-state index is 0.0640. The molecule has 1 aromatic carbocycles. The fraction of sp³-hybridized carbons (Fsp3) is 0.333. The smallest absolute Gasteiger partial charge is 0.270 e. The molecule has 1 aliphatic rings. The molecule has 0 bridgehead atoms. The molecule has 7 heteroatoms. The lowest BCUT2D eigenvalue weighted by atomic mass is 9.97. The highest BCUT2D eigenvalue weighted by molar-refractivity contribution is 6.05. The average Bonchev–Trinajstić information content (AvgIpc) is 2.99. The molecule has 1 aliphatic heterocycles. The third-order valence-corrected chi connectivity index (χ3v) is 3.36. The maximum Gasteiger partial charge on any atom is 0.270 e. The van der Waals surface area contributed by atoms with Crippen molar-refractivity contribution in [3.63, 3.8) is 0 Å². The molecular formula is C12H13N5O2. The van der Waals surface area contributed by atoms with Gasteiger partial charge in [-0.1, -0.05) is 24.2 Å². The number of rotatable bonds is 2. The van der Waals surface area contributed by atoms with E-state index >= 15 is 0 Å². The second-order valence-electron chi connectivity index (χ2n) is 4.53. The van der Waals surface area contributed by atoms with Crippen LogP contribution < -0.4 is 10.1 Å². The molecule has 1 amide bonds. The third-order valence-electron chi connectivity index (χ3n) is 3.36. The number of nitrogens with one attached hydrogen (secondary N) is 2. The third kappa shape index (κ3) is 1.92. The van der Waals surface area contributed by atoms with Crippen LogP contribution in [0.4, 0.5) is 5.95 Å². The zero-order chi connectivity index (χ0) is 13.4. The average molecular weight is 259 g/mol. The molecule has 98 valence electrons. The van der Waals surface area contributed by atoms with Gasteiger partial charge in [0.1, 0.15) is 11.9 Å². The Labute approximate surface area is 109 Å². The van der Waals surface area contributed by atoms with E-state index in [0.29, 0.717) is 11.3 Å². The van der Waals surface area contributed by atoms with Gasteiger partial charge in [0, 0.05) is 11.5 Å². The van der Waals surface area contributed by atoms with E-state index < -0.39 is 0 Å². The molecule has 0 fully saturated rings. The molecule has 19 heavy (non-hydrogen) atoms. The van der Waals surface area contributed by atoms with Gasteiger partial charge in [-0.05, 0) is 18.2 Å². The highest BCUT2D eigenvalue weighted by Crippen LogP contribution is 2.40. The second kappa shape index (κ2) is 4.34. The van der Waals surface area contributed by atoms with Crippen molar-refractivity contribution in [2.24, 2.45) is 0 Å². The van der Waals surface area contributed by atoms with Crippen LogP contribution in [0.1, 0.15) is 35.7 Å². The number of tetrazole rings is 1. The molecule has 0 saturated carbocycles. The van der Waals surface area contributed by atoms with Crippen molar-refractivity contribution in [1.29, 1.82) is 0 Å². The lowest BCUT2D eigenvalue weighted by Crippen LogP contribution is -2.15. The Bertz CT molecular complexity index is 611. The number of carbonyl (C=O) groups excluding carboxylic acids is 1. The number of benzene rings is 1. The first-order valence-corrected chi connectivity index (χ1v) is 6.01. The first-order valence-electron chi connectivity index (χ1n) is 6.01. The summed E-state index contributed by atoms with van der Waals surface area (Å²) in [6.45, 7) is 4.07. The molecule has 2 aromatic rings. The summed E-state index contributed by atoms with van der Waals surface area (Å²) in [7, 11) is 0. The first kappa shape index (κ1) is 11.6. The van der Waals surface area contributed by atoms with Gasteiger partial charge in [0.15, 0.2) is 0 Å². The number of nitrogens with zero attached hydrogens (tertiary/aromatic N) is 3. The van der Waals surface area contributed by atoms with Crippen LogP contribution >= 0.6 is 0 Å². The van der Waals surface area contributed by atoms with Crippen molar-refractivity contribution in [2.45, 2.75) is 25.9 Å². The number of anilines is 1. The topological polar surface area (TPSA) is 92.8 Å². The number of amides is 1. The first-order chi connectivity index (χ1) is 9.16. The summed E-state index contributed by atoms with van der Waals surface area (Å²) >= 11 is 0. The summed E-state index contributed by atoms with van der Waals surface area (Å²) in [5.41, 5.74) is 1.53.